The second kappa shape index (κ2) is 36.8. The molecular weight excluding hydrogens is 773 g/mol. The van der Waals surface area contributed by atoms with E-state index in [-0.39, 0.29) is 13.2 Å². The van der Waals surface area contributed by atoms with Crippen LogP contribution < -0.4 is 0 Å². The maximum atomic E-state index is 11.5. The van der Waals surface area contributed by atoms with E-state index in [0.717, 1.165) is 103 Å². The van der Waals surface area contributed by atoms with E-state index in [1.165, 1.54) is 0 Å². The normalized spacial score (nSPS) is 27.8. The van der Waals surface area contributed by atoms with Crippen molar-refractivity contribution >= 4 is 0 Å². The number of hydrogen-bond acceptors (Lipinski definition) is 13. The van der Waals surface area contributed by atoms with Crippen LogP contribution in [0.4, 0.5) is 0 Å². The third kappa shape index (κ3) is 21.9. The molecule has 10 unspecified atom stereocenters. The largest absolute Gasteiger partial charge is 0.388 e. The van der Waals surface area contributed by atoms with E-state index >= 15 is 0 Å². The Balaban J connectivity index is 2.33. The Kier molecular flexibility index (Phi) is 34.1. The summed E-state index contributed by atoms with van der Waals surface area (Å²) in [6.45, 7) is 22.3. The average Bonchev–Trinajstić information content (AvgIpc) is 3.25. The molecule has 2 rings (SSSR count). The summed E-state index contributed by atoms with van der Waals surface area (Å²) in [5, 5.41) is 11.5. The van der Waals surface area contributed by atoms with Crippen LogP contribution in [-0.2, 0) is 56.8 Å². The van der Waals surface area contributed by atoms with Gasteiger partial charge in [-0.15, -0.1) is 0 Å². The summed E-state index contributed by atoms with van der Waals surface area (Å²) >= 11 is 0. The third-order valence-electron chi connectivity index (χ3n) is 10.8. The van der Waals surface area contributed by atoms with Crippen LogP contribution in [0.5, 0.6) is 0 Å². The highest BCUT2D eigenvalue weighted by Crippen LogP contribution is 2.32. The van der Waals surface area contributed by atoms with E-state index in [4.69, 9.17) is 56.8 Å². The molecule has 2 fully saturated rings. The minimum atomic E-state index is -1.01. The Morgan fingerprint density at radius 1 is 0.350 bits per heavy atom. The van der Waals surface area contributed by atoms with Crippen molar-refractivity contribution < 1.29 is 61.9 Å². The Morgan fingerprint density at radius 3 is 0.917 bits per heavy atom. The van der Waals surface area contributed by atoms with Gasteiger partial charge >= 0.3 is 0 Å². The van der Waals surface area contributed by atoms with Crippen LogP contribution in [0.15, 0.2) is 0 Å². The summed E-state index contributed by atoms with van der Waals surface area (Å²) < 4.78 is 77.8. The smallest absolute Gasteiger partial charge is 0.187 e. The lowest BCUT2D eigenvalue weighted by molar-refractivity contribution is -0.334. The SMILES string of the molecule is CCCCOCC1OC(OCC(O)COC2OC(COCCCC)C(OCCCC)C(OCCCC)C2OCCCC)C(OCCCC)C(OCCCC)C1OCCCC. The van der Waals surface area contributed by atoms with Gasteiger partial charge in [-0.05, 0) is 51.4 Å². The molecule has 10 atom stereocenters. The van der Waals surface area contributed by atoms with Crippen molar-refractivity contribution in [1.82, 2.24) is 0 Å². The number of rotatable bonds is 40. The minimum Gasteiger partial charge on any atom is -0.388 e. The third-order valence-corrected chi connectivity index (χ3v) is 10.8. The highest BCUT2D eigenvalue weighted by molar-refractivity contribution is 4.95. The van der Waals surface area contributed by atoms with Gasteiger partial charge < -0.3 is 61.9 Å². The Morgan fingerprint density at radius 2 is 0.617 bits per heavy atom. The maximum absolute atomic E-state index is 11.5. The quantitative estimate of drug-likeness (QED) is 0.0591. The van der Waals surface area contributed by atoms with Gasteiger partial charge in [0, 0.05) is 52.9 Å². The zero-order valence-electron chi connectivity index (χ0n) is 39.5. The van der Waals surface area contributed by atoms with Gasteiger partial charge in [0.05, 0.1) is 26.4 Å². The topological polar surface area (TPSA) is 131 Å². The minimum absolute atomic E-state index is 0.0679. The fourth-order valence-corrected chi connectivity index (χ4v) is 6.96. The molecule has 1 N–H and O–H groups in total. The fourth-order valence-electron chi connectivity index (χ4n) is 6.96. The molecule has 0 aromatic rings. The first-order chi connectivity index (χ1) is 29.4. The molecule has 60 heavy (non-hydrogen) atoms. The van der Waals surface area contributed by atoms with Gasteiger partial charge in [-0.3, -0.25) is 0 Å². The molecule has 13 heteroatoms. The van der Waals surface area contributed by atoms with Crippen LogP contribution in [0.2, 0.25) is 0 Å². The van der Waals surface area contributed by atoms with E-state index in [1.807, 2.05) is 0 Å². The van der Waals surface area contributed by atoms with Crippen molar-refractivity contribution in [3.8, 4) is 0 Å². The second-order valence-corrected chi connectivity index (χ2v) is 16.4. The van der Waals surface area contributed by atoms with Crippen LogP contribution in [0, 0.1) is 0 Å². The monoisotopic (exact) mass is 865 g/mol. The van der Waals surface area contributed by atoms with Gasteiger partial charge in [-0.1, -0.05) is 107 Å². The standard InChI is InChI=1S/C47H92O13/c1-9-17-25-49-35-38-40(51-27-19-11-3)42(53-29-21-13-5)44(55-31-23-15-7)46(59-38)57-33-37(48)34-58-47-45(56-32-24-16-8)43(54-30-22-14-6)41(52-28-20-12-4)39(60-47)36-50-26-18-10-2/h37-48H,9-36H2,1-8H3. The Labute approximate surface area is 366 Å². The molecule has 2 saturated heterocycles. The lowest BCUT2D eigenvalue weighted by Crippen LogP contribution is -2.62. The zero-order chi connectivity index (χ0) is 43.6. The predicted molar refractivity (Wildman–Crippen MR) is 235 cm³/mol. The van der Waals surface area contributed by atoms with Gasteiger partial charge in [-0.2, -0.15) is 0 Å². The first kappa shape index (κ1) is 55.6. The van der Waals surface area contributed by atoms with Crippen molar-refractivity contribution in [2.75, 3.05) is 79.3 Å². The molecule has 358 valence electrons. The fraction of sp³-hybridized carbons (Fsp3) is 1.00. The maximum Gasteiger partial charge on any atom is 0.187 e. The lowest BCUT2D eigenvalue weighted by Gasteiger charge is -2.46. The number of ether oxygens (including phenoxy) is 12. The van der Waals surface area contributed by atoms with Gasteiger partial charge in [0.25, 0.3) is 0 Å². The second-order valence-electron chi connectivity index (χ2n) is 16.4. The molecular formula is C47H92O13. The molecule has 13 nitrogen and oxygen atoms in total. The summed E-state index contributed by atoms with van der Waals surface area (Å²) in [6.07, 6.45) is 9.03. The molecule has 0 aliphatic carbocycles. The molecule has 0 aromatic heterocycles. The average molecular weight is 865 g/mol. The highest BCUT2D eigenvalue weighted by atomic mass is 16.7. The Hall–Kier alpha value is -0.520. The summed E-state index contributed by atoms with van der Waals surface area (Å²) in [6, 6.07) is 0. The number of unbranched alkanes of at least 4 members (excludes halogenated alkanes) is 8. The number of hydrogen-bond donors (Lipinski definition) is 1. The van der Waals surface area contributed by atoms with Crippen molar-refractivity contribution in [3.05, 3.63) is 0 Å². The molecule has 0 aromatic carbocycles. The summed E-state index contributed by atoms with van der Waals surface area (Å²) in [5.41, 5.74) is 0. The van der Waals surface area contributed by atoms with Gasteiger partial charge in [0.2, 0.25) is 0 Å². The Bertz CT molecular complexity index is 877. The molecule has 0 saturated carbocycles. The van der Waals surface area contributed by atoms with Crippen LogP contribution in [0.25, 0.3) is 0 Å². The molecule has 0 radical (unpaired) electrons. The van der Waals surface area contributed by atoms with Crippen molar-refractivity contribution in [3.63, 3.8) is 0 Å². The molecule has 0 amide bonds. The van der Waals surface area contributed by atoms with E-state index < -0.39 is 67.5 Å². The predicted octanol–water partition coefficient (Wildman–Crippen LogP) is 8.58. The molecule has 2 aliphatic heterocycles. The summed E-state index contributed by atoms with van der Waals surface area (Å²) in [5.74, 6) is 0. The lowest BCUT2D eigenvalue weighted by atomic mass is 9.98. The van der Waals surface area contributed by atoms with Crippen molar-refractivity contribution in [1.29, 1.82) is 0 Å². The first-order valence-corrected chi connectivity index (χ1v) is 24.5. The first-order valence-electron chi connectivity index (χ1n) is 24.5. The molecule has 2 aliphatic rings. The highest BCUT2D eigenvalue weighted by Gasteiger charge is 2.50. The van der Waals surface area contributed by atoms with Crippen LogP contribution in [0.1, 0.15) is 158 Å². The van der Waals surface area contributed by atoms with Crippen molar-refractivity contribution in [2.24, 2.45) is 0 Å². The van der Waals surface area contributed by atoms with E-state index in [2.05, 4.69) is 55.4 Å². The van der Waals surface area contributed by atoms with E-state index in [1.54, 1.807) is 0 Å². The zero-order valence-corrected chi connectivity index (χ0v) is 39.5. The molecule has 0 spiro atoms. The van der Waals surface area contributed by atoms with E-state index in [0.29, 0.717) is 66.1 Å². The number of aliphatic hydroxyl groups is 1. The van der Waals surface area contributed by atoms with Crippen LogP contribution in [0.3, 0.4) is 0 Å². The van der Waals surface area contributed by atoms with Crippen LogP contribution >= 0.6 is 0 Å². The van der Waals surface area contributed by atoms with Gasteiger partial charge in [0.15, 0.2) is 12.6 Å². The van der Waals surface area contributed by atoms with Crippen molar-refractivity contribution in [2.45, 2.75) is 226 Å². The molecule has 0 bridgehead atoms. The summed E-state index contributed by atoms with van der Waals surface area (Å²) in [7, 11) is 0. The van der Waals surface area contributed by atoms with Crippen LogP contribution in [-0.4, -0.2) is 152 Å². The number of aliphatic hydroxyl groups excluding tert-OH is 1. The van der Waals surface area contributed by atoms with Gasteiger partial charge in [-0.25, -0.2) is 0 Å². The van der Waals surface area contributed by atoms with Gasteiger partial charge in [0.1, 0.15) is 54.9 Å². The summed E-state index contributed by atoms with van der Waals surface area (Å²) in [4.78, 5) is 0. The van der Waals surface area contributed by atoms with E-state index in [9.17, 15) is 5.11 Å². The molecule has 2 heterocycles.